The summed E-state index contributed by atoms with van der Waals surface area (Å²) in [5.74, 6) is -2.96. The van der Waals surface area contributed by atoms with Gasteiger partial charge in [-0.05, 0) is 12.3 Å². The van der Waals surface area contributed by atoms with Gasteiger partial charge in [-0.3, -0.25) is 0 Å². The van der Waals surface area contributed by atoms with Gasteiger partial charge in [-0.2, -0.15) is 52.7 Å². The molecule has 156 valence electrons. The van der Waals surface area contributed by atoms with Crippen LogP contribution in [0.4, 0.5) is 61.5 Å². The maximum atomic E-state index is 13.6. The minimum atomic E-state index is -6.71. The Morgan fingerprint density at radius 3 is 0.923 bits per heavy atom. The fourth-order valence-electron chi connectivity index (χ4n) is 2.05. The molecule has 0 rings (SSSR count). The smallest absolute Gasteiger partial charge is 0.224 e. The Morgan fingerprint density at radius 1 is 0.538 bits per heavy atom. The Kier molecular flexibility index (Phi) is 6.72. The molecule has 0 radical (unpaired) electrons. The maximum absolute atomic E-state index is 13.6. The van der Waals surface area contributed by atoms with Crippen LogP contribution in [0.1, 0.15) is 19.3 Å². The summed E-state index contributed by atoms with van der Waals surface area (Å²) < 4.78 is 176. The van der Waals surface area contributed by atoms with Gasteiger partial charge in [-0.1, -0.05) is 6.08 Å². The van der Waals surface area contributed by atoms with Crippen molar-refractivity contribution in [2.45, 2.75) is 55.3 Å². The van der Waals surface area contributed by atoms with Crippen LogP contribution < -0.4 is 0 Å². The van der Waals surface area contributed by atoms with Crippen molar-refractivity contribution in [2.24, 2.45) is 5.92 Å². The molecule has 0 N–H and O–H groups in total. The molecule has 0 amide bonds. The number of hydrogen-bond donors (Lipinski definition) is 0. The molecule has 0 unspecified atom stereocenters. The normalized spacial score (nSPS) is 15.5. The van der Waals surface area contributed by atoms with Gasteiger partial charge >= 0.3 is 24.7 Å². The van der Waals surface area contributed by atoms with Crippen LogP contribution >= 0.6 is 0 Å². The lowest BCUT2D eigenvalue weighted by atomic mass is 9.81. The van der Waals surface area contributed by atoms with Crippen molar-refractivity contribution in [3.05, 3.63) is 12.7 Å². The summed E-state index contributed by atoms with van der Waals surface area (Å²) in [5, 5.41) is 0. The van der Waals surface area contributed by atoms with Crippen molar-refractivity contribution >= 4 is 0 Å². The van der Waals surface area contributed by atoms with E-state index in [1.807, 2.05) is 0 Å². The zero-order valence-corrected chi connectivity index (χ0v) is 12.3. The van der Waals surface area contributed by atoms with Crippen LogP contribution in [0.3, 0.4) is 0 Å². The van der Waals surface area contributed by atoms with Crippen molar-refractivity contribution < 1.29 is 61.5 Å². The summed E-state index contributed by atoms with van der Waals surface area (Å²) >= 11 is 0. The first-order valence-electron chi connectivity index (χ1n) is 6.39. The van der Waals surface area contributed by atoms with E-state index in [9.17, 15) is 61.5 Å². The molecule has 26 heavy (non-hydrogen) atoms. The quantitative estimate of drug-likeness (QED) is 0.335. The summed E-state index contributed by atoms with van der Waals surface area (Å²) in [5.41, 5.74) is -12.3. The summed E-state index contributed by atoms with van der Waals surface area (Å²) in [4.78, 5) is 0. The number of hydrogen-bond acceptors (Lipinski definition) is 0. The van der Waals surface area contributed by atoms with Crippen LogP contribution in [-0.2, 0) is 0 Å². The minimum absolute atomic E-state index is 0.352. The zero-order valence-electron chi connectivity index (χ0n) is 12.3. The summed E-state index contributed by atoms with van der Waals surface area (Å²) in [6, 6.07) is 0. The molecule has 0 aromatic heterocycles. The molecule has 14 heteroatoms. The maximum Gasteiger partial charge on any atom is 0.431 e. The lowest BCUT2D eigenvalue weighted by Gasteiger charge is -2.36. The van der Waals surface area contributed by atoms with Crippen LogP contribution in [0.25, 0.3) is 0 Å². The topological polar surface area (TPSA) is 0 Å². The zero-order chi connectivity index (χ0) is 21.4. The second kappa shape index (κ2) is 7.06. The van der Waals surface area contributed by atoms with E-state index in [1.165, 1.54) is 0 Å². The minimum Gasteiger partial charge on any atom is -0.224 e. The van der Waals surface area contributed by atoms with Gasteiger partial charge in [0.2, 0.25) is 0 Å². The third kappa shape index (κ3) is 4.72. The highest BCUT2D eigenvalue weighted by atomic mass is 19.4. The molecule has 0 atom stereocenters. The first-order valence-corrected chi connectivity index (χ1v) is 6.39. The van der Waals surface area contributed by atoms with Crippen LogP contribution in [0.2, 0.25) is 0 Å². The Hall–Kier alpha value is -1.24. The number of halogens is 14. The van der Waals surface area contributed by atoms with Crippen molar-refractivity contribution in [3.63, 3.8) is 0 Å². The van der Waals surface area contributed by atoms with Gasteiger partial charge in [0.05, 0.1) is 0 Å². The first-order chi connectivity index (χ1) is 11.1. The third-order valence-electron chi connectivity index (χ3n) is 3.44. The van der Waals surface area contributed by atoms with Crippen molar-refractivity contribution in [1.82, 2.24) is 0 Å². The predicted octanol–water partition coefficient (Wildman–Crippen LogP) is 6.62. The van der Waals surface area contributed by atoms with Gasteiger partial charge in [-0.25, -0.2) is 8.78 Å². The highest BCUT2D eigenvalue weighted by Gasteiger charge is 2.75. The average Bonchev–Trinajstić information content (AvgIpc) is 2.33. The second-order valence-electron chi connectivity index (χ2n) is 5.39. The van der Waals surface area contributed by atoms with Crippen LogP contribution in [0.15, 0.2) is 12.7 Å². The van der Waals surface area contributed by atoms with Gasteiger partial charge in [0.15, 0.2) is 0 Å². The van der Waals surface area contributed by atoms with E-state index in [-0.39, 0.29) is 0 Å². The third-order valence-corrected chi connectivity index (χ3v) is 3.44. The molecular weight excluding hydrogens is 410 g/mol. The molecule has 0 spiro atoms. The largest absolute Gasteiger partial charge is 0.431 e. The van der Waals surface area contributed by atoms with Crippen LogP contribution in [0.5, 0.6) is 0 Å². The monoisotopic (exact) mass is 420 g/mol. The summed E-state index contributed by atoms with van der Waals surface area (Å²) in [6.45, 7) is 2.74. The van der Waals surface area contributed by atoms with Gasteiger partial charge < -0.3 is 0 Å². The molecule has 0 heterocycles. The molecule has 0 saturated heterocycles. The SMILES string of the molecule is C=CCC(CC(F)(C(F)(F)F)C(F)(F)F)CC(F)(C(F)(F)F)C(F)(F)F. The standard InChI is InChI=1S/C12H10F14/c1-2-3-6(4-7(13,9(15,16)17)10(18,19)20)5-8(14,11(21,22)23)12(24,25)26/h2,6H,1,3-5H2. The number of rotatable bonds is 6. The molecule has 0 bridgehead atoms. The second-order valence-corrected chi connectivity index (χ2v) is 5.39. The molecule has 0 aliphatic carbocycles. The Balaban J connectivity index is 6.05. The van der Waals surface area contributed by atoms with Crippen molar-refractivity contribution in [2.75, 3.05) is 0 Å². The first kappa shape index (κ1) is 24.8. The van der Waals surface area contributed by atoms with Gasteiger partial charge in [0.1, 0.15) is 0 Å². The molecule has 0 saturated carbocycles. The van der Waals surface area contributed by atoms with Crippen LogP contribution in [0, 0.1) is 5.92 Å². The highest BCUT2D eigenvalue weighted by molar-refractivity contribution is 5.01. The fraction of sp³-hybridized carbons (Fsp3) is 0.833. The Labute approximate surface area is 136 Å². The van der Waals surface area contributed by atoms with E-state index in [0.717, 1.165) is 0 Å². The Morgan fingerprint density at radius 2 is 0.769 bits per heavy atom. The number of allylic oxidation sites excluding steroid dienone is 1. The molecule has 0 aromatic carbocycles. The van der Waals surface area contributed by atoms with Gasteiger partial charge in [0, 0.05) is 12.8 Å². The van der Waals surface area contributed by atoms with E-state index in [1.54, 1.807) is 0 Å². The van der Waals surface area contributed by atoms with Crippen LogP contribution in [-0.4, -0.2) is 36.0 Å². The summed E-state index contributed by atoms with van der Waals surface area (Å²) in [7, 11) is 0. The molecule has 0 aliphatic heterocycles. The fourth-order valence-corrected chi connectivity index (χ4v) is 2.05. The Bertz CT molecular complexity index is 408. The summed E-state index contributed by atoms with van der Waals surface area (Å²) in [6.07, 6.45) is -33.6. The molecule has 0 aromatic rings. The van der Waals surface area contributed by atoms with E-state index >= 15 is 0 Å². The van der Waals surface area contributed by atoms with Crippen molar-refractivity contribution in [3.8, 4) is 0 Å². The van der Waals surface area contributed by atoms with E-state index in [4.69, 9.17) is 0 Å². The van der Waals surface area contributed by atoms with Gasteiger partial charge in [0.25, 0.3) is 11.3 Å². The molecule has 0 fully saturated rings. The van der Waals surface area contributed by atoms with Crippen molar-refractivity contribution in [1.29, 1.82) is 0 Å². The van der Waals surface area contributed by atoms with E-state index in [0.29, 0.717) is 6.08 Å². The van der Waals surface area contributed by atoms with E-state index < -0.39 is 61.2 Å². The molecule has 0 nitrogen and oxygen atoms in total. The molecular formula is C12H10F14. The lowest BCUT2D eigenvalue weighted by molar-refractivity contribution is -0.356. The van der Waals surface area contributed by atoms with E-state index in [2.05, 4.69) is 6.58 Å². The van der Waals surface area contributed by atoms with Gasteiger partial charge in [-0.15, -0.1) is 6.58 Å². The number of alkyl halides is 14. The predicted molar refractivity (Wildman–Crippen MR) is 59.4 cm³/mol. The lowest BCUT2D eigenvalue weighted by Crippen LogP contribution is -2.57. The average molecular weight is 420 g/mol. The molecule has 0 aliphatic rings. The highest BCUT2D eigenvalue weighted by Crippen LogP contribution is 2.54.